The highest BCUT2D eigenvalue weighted by Gasteiger charge is 2.31. The predicted molar refractivity (Wildman–Crippen MR) is 147 cm³/mol. The van der Waals surface area contributed by atoms with Crippen LogP contribution in [0.15, 0.2) is 134 Å². The third kappa shape index (κ3) is 5.71. The molecule has 5 aromatic rings. The number of hydrogen-bond donors (Lipinski definition) is 0. The first kappa shape index (κ1) is 24.7. The van der Waals surface area contributed by atoms with Crippen LogP contribution in [-0.2, 0) is 11.3 Å². The number of amides is 1. The summed E-state index contributed by atoms with van der Waals surface area (Å²) in [5.74, 6) is 0.118. The number of carbonyl (C=O) groups is 2. The molecule has 0 spiro atoms. The molecule has 1 heterocycles. The molecule has 0 saturated carbocycles. The second-order valence-corrected chi connectivity index (χ2v) is 8.76. The Morgan fingerprint density at radius 2 is 1.34 bits per heavy atom. The van der Waals surface area contributed by atoms with E-state index in [9.17, 15) is 9.59 Å². The van der Waals surface area contributed by atoms with E-state index in [1.54, 1.807) is 21.9 Å². The molecule has 4 aromatic carbocycles. The maximum absolute atomic E-state index is 13.8. The van der Waals surface area contributed by atoms with Crippen molar-refractivity contribution in [3.63, 3.8) is 0 Å². The molecule has 0 N–H and O–H groups in total. The fourth-order valence-corrected chi connectivity index (χ4v) is 4.40. The molecular weight excluding hydrogens is 474 g/mol. The summed E-state index contributed by atoms with van der Waals surface area (Å²) in [6.45, 7) is 0.122. The number of para-hydroxylation sites is 2. The van der Waals surface area contributed by atoms with Gasteiger partial charge in [-0.1, -0.05) is 97.1 Å². The molecule has 188 valence electrons. The summed E-state index contributed by atoms with van der Waals surface area (Å²) in [6, 6.07) is 37.3. The number of hydrogen-bond acceptors (Lipinski definition) is 4. The Kier molecular flexibility index (Phi) is 7.70. The normalized spacial score (nSPS) is 11.5. The number of benzene rings is 4. The van der Waals surface area contributed by atoms with E-state index in [2.05, 4.69) is 4.98 Å². The molecule has 1 amide bonds. The van der Waals surface area contributed by atoms with Crippen LogP contribution >= 0.6 is 0 Å². The van der Waals surface area contributed by atoms with E-state index < -0.39 is 12.1 Å². The van der Waals surface area contributed by atoms with Gasteiger partial charge in [0.25, 0.3) is 0 Å². The summed E-state index contributed by atoms with van der Waals surface area (Å²) < 4.78 is 7.54. The van der Waals surface area contributed by atoms with Crippen molar-refractivity contribution in [2.24, 2.45) is 0 Å². The van der Waals surface area contributed by atoms with Gasteiger partial charge in [0.15, 0.2) is 5.82 Å². The SMILES string of the molecule is O=C(CC(c1ccccc1)N(C(=O)OCc1ccccc1)c1ccccc1)c1nccn1-c1ccccc1. The first-order valence-electron chi connectivity index (χ1n) is 12.4. The van der Waals surface area contributed by atoms with Gasteiger partial charge >= 0.3 is 6.09 Å². The van der Waals surface area contributed by atoms with Crippen LogP contribution in [-0.4, -0.2) is 21.4 Å². The first-order valence-corrected chi connectivity index (χ1v) is 12.4. The molecular formula is C32H27N3O3. The van der Waals surface area contributed by atoms with E-state index in [4.69, 9.17) is 4.74 Å². The molecule has 0 aliphatic carbocycles. The maximum Gasteiger partial charge on any atom is 0.415 e. The van der Waals surface area contributed by atoms with Crippen molar-refractivity contribution >= 4 is 17.6 Å². The molecule has 38 heavy (non-hydrogen) atoms. The molecule has 0 fully saturated rings. The van der Waals surface area contributed by atoms with Gasteiger partial charge in [0.1, 0.15) is 6.61 Å². The Labute approximate surface area is 221 Å². The summed E-state index contributed by atoms with van der Waals surface area (Å²) in [7, 11) is 0. The lowest BCUT2D eigenvalue weighted by atomic mass is 9.98. The second kappa shape index (κ2) is 11.8. The third-order valence-corrected chi connectivity index (χ3v) is 6.24. The fourth-order valence-electron chi connectivity index (χ4n) is 4.40. The van der Waals surface area contributed by atoms with E-state index in [-0.39, 0.29) is 18.8 Å². The lowest BCUT2D eigenvalue weighted by Gasteiger charge is -2.31. The van der Waals surface area contributed by atoms with Crippen molar-refractivity contribution in [3.05, 3.63) is 151 Å². The van der Waals surface area contributed by atoms with Gasteiger partial charge < -0.3 is 4.74 Å². The summed E-state index contributed by atoms with van der Waals surface area (Å²) in [4.78, 5) is 33.4. The third-order valence-electron chi connectivity index (χ3n) is 6.24. The highest BCUT2D eigenvalue weighted by atomic mass is 16.6. The molecule has 0 saturated heterocycles. The van der Waals surface area contributed by atoms with Crippen LogP contribution in [0.4, 0.5) is 10.5 Å². The van der Waals surface area contributed by atoms with E-state index in [0.717, 1.165) is 16.8 Å². The number of Topliss-reactive ketones (excluding diaryl/α,β-unsaturated/α-hetero) is 1. The number of imidazole rings is 1. The molecule has 0 aliphatic rings. The summed E-state index contributed by atoms with van der Waals surface area (Å²) in [5, 5.41) is 0. The average Bonchev–Trinajstić information content (AvgIpc) is 3.48. The fraction of sp³-hybridized carbons (Fsp3) is 0.0938. The van der Waals surface area contributed by atoms with Crippen molar-refractivity contribution in [2.45, 2.75) is 19.1 Å². The summed E-state index contributed by atoms with van der Waals surface area (Å²) in [6.07, 6.45) is 2.86. The Balaban J connectivity index is 1.49. The van der Waals surface area contributed by atoms with E-state index in [1.807, 2.05) is 121 Å². The first-order chi connectivity index (χ1) is 18.7. The average molecular weight is 502 g/mol. The number of ketones is 1. The lowest BCUT2D eigenvalue weighted by molar-refractivity contribution is 0.0958. The summed E-state index contributed by atoms with van der Waals surface area (Å²) in [5.41, 5.74) is 3.18. The van der Waals surface area contributed by atoms with Crippen LogP contribution in [0.5, 0.6) is 0 Å². The van der Waals surface area contributed by atoms with Crippen LogP contribution in [0.1, 0.15) is 34.2 Å². The Hall–Kier alpha value is -4.97. The van der Waals surface area contributed by atoms with Crippen LogP contribution < -0.4 is 4.90 Å². The van der Waals surface area contributed by atoms with E-state index in [0.29, 0.717) is 11.5 Å². The van der Waals surface area contributed by atoms with Crippen molar-refractivity contribution < 1.29 is 14.3 Å². The molecule has 5 rings (SSSR count). The predicted octanol–water partition coefficient (Wildman–Crippen LogP) is 7.03. The summed E-state index contributed by atoms with van der Waals surface area (Å²) >= 11 is 0. The van der Waals surface area contributed by atoms with Gasteiger partial charge in [-0.3, -0.25) is 14.3 Å². The Morgan fingerprint density at radius 1 is 0.763 bits per heavy atom. The van der Waals surface area contributed by atoms with E-state index >= 15 is 0 Å². The zero-order chi connectivity index (χ0) is 26.2. The quantitative estimate of drug-likeness (QED) is 0.203. The number of ether oxygens (including phenoxy) is 1. The highest BCUT2D eigenvalue weighted by Crippen LogP contribution is 2.32. The highest BCUT2D eigenvalue weighted by molar-refractivity contribution is 5.96. The monoisotopic (exact) mass is 501 g/mol. The Morgan fingerprint density at radius 3 is 2.00 bits per heavy atom. The van der Waals surface area contributed by atoms with Crippen molar-refractivity contribution in [3.8, 4) is 5.69 Å². The minimum absolute atomic E-state index is 0.0171. The van der Waals surface area contributed by atoms with Gasteiger partial charge in [-0.25, -0.2) is 9.78 Å². The number of rotatable bonds is 9. The van der Waals surface area contributed by atoms with E-state index in [1.165, 1.54) is 0 Å². The van der Waals surface area contributed by atoms with Crippen LogP contribution in [0.3, 0.4) is 0 Å². The topological polar surface area (TPSA) is 64.4 Å². The minimum atomic E-state index is -0.615. The molecule has 1 unspecified atom stereocenters. The standard InChI is InChI=1S/C32H27N3O3/c36-30(31-33-21-22-34(31)27-17-9-3-10-18-27)23-29(26-15-7-2-8-16-26)35(28-19-11-4-12-20-28)32(37)38-24-25-13-5-1-6-14-25/h1-22,29H,23-24H2. The smallest absolute Gasteiger partial charge is 0.415 e. The molecule has 0 radical (unpaired) electrons. The van der Waals surface area contributed by atoms with Crippen LogP contribution in [0.25, 0.3) is 5.69 Å². The van der Waals surface area contributed by atoms with Gasteiger partial charge in [-0.2, -0.15) is 0 Å². The van der Waals surface area contributed by atoms with Gasteiger partial charge in [0.2, 0.25) is 5.78 Å². The molecule has 6 heteroatoms. The lowest BCUT2D eigenvalue weighted by Crippen LogP contribution is -2.37. The number of anilines is 1. The van der Waals surface area contributed by atoms with Crippen molar-refractivity contribution in [2.75, 3.05) is 4.90 Å². The number of carbonyl (C=O) groups excluding carboxylic acids is 2. The van der Waals surface area contributed by atoms with Gasteiger partial charge in [-0.05, 0) is 35.4 Å². The molecule has 6 nitrogen and oxygen atoms in total. The van der Waals surface area contributed by atoms with Crippen molar-refractivity contribution in [1.29, 1.82) is 0 Å². The van der Waals surface area contributed by atoms with Gasteiger partial charge in [0.05, 0.1) is 6.04 Å². The second-order valence-electron chi connectivity index (χ2n) is 8.76. The van der Waals surface area contributed by atoms with Gasteiger partial charge in [0, 0.05) is 30.2 Å². The van der Waals surface area contributed by atoms with Crippen molar-refractivity contribution in [1.82, 2.24) is 9.55 Å². The Bertz CT molecular complexity index is 1470. The number of nitrogens with zero attached hydrogens (tertiary/aromatic N) is 3. The van der Waals surface area contributed by atoms with Crippen LogP contribution in [0, 0.1) is 0 Å². The van der Waals surface area contributed by atoms with Gasteiger partial charge in [-0.15, -0.1) is 0 Å². The number of aromatic nitrogens is 2. The maximum atomic E-state index is 13.8. The largest absolute Gasteiger partial charge is 0.444 e. The van der Waals surface area contributed by atoms with Crippen LogP contribution in [0.2, 0.25) is 0 Å². The molecule has 0 aliphatic heterocycles. The zero-order valence-electron chi connectivity index (χ0n) is 20.8. The molecule has 1 atom stereocenters. The molecule has 0 bridgehead atoms. The zero-order valence-corrected chi connectivity index (χ0v) is 20.8. The minimum Gasteiger partial charge on any atom is -0.444 e. The molecule has 1 aromatic heterocycles.